The molecule has 0 aliphatic carbocycles. The first-order valence-electron chi connectivity index (χ1n) is 5.37. The van der Waals surface area contributed by atoms with Crippen LogP contribution < -0.4 is 15.2 Å². The van der Waals surface area contributed by atoms with Gasteiger partial charge in [0.15, 0.2) is 0 Å². The molecule has 0 saturated heterocycles. The third kappa shape index (κ3) is 2.53. The molecule has 1 heterocycles. The maximum Gasteiger partial charge on any atom is 0.134 e. The van der Waals surface area contributed by atoms with Crippen LogP contribution in [0.2, 0.25) is 0 Å². The Labute approximate surface area is 119 Å². The van der Waals surface area contributed by atoms with E-state index in [2.05, 4.69) is 15.9 Å². The molecule has 1 aromatic carbocycles. The van der Waals surface area contributed by atoms with E-state index in [0.29, 0.717) is 0 Å². The van der Waals surface area contributed by atoms with Gasteiger partial charge in [-0.05, 0) is 29.6 Å². The van der Waals surface area contributed by atoms with Gasteiger partial charge in [0.05, 0.1) is 25.1 Å². The summed E-state index contributed by atoms with van der Waals surface area (Å²) in [5, 5.41) is 1.97. The highest BCUT2D eigenvalue weighted by molar-refractivity contribution is 9.10. The first-order chi connectivity index (χ1) is 8.67. The maximum atomic E-state index is 6.31. The lowest BCUT2D eigenvalue weighted by atomic mass is 10.0. The molecular formula is C13H14BrNO2S. The summed E-state index contributed by atoms with van der Waals surface area (Å²) in [6, 6.07) is 7.47. The minimum atomic E-state index is -0.257. The quantitative estimate of drug-likeness (QED) is 0.933. The zero-order valence-corrected chi connectivity index (χ0v) is 12.5. The number of halogens is 1. The molecule has 0 saturated carbocycles. The molecule has 1 unspecified atom stereocenters. The molecule has 18 heavy (non-hydrogen) atoms. The van der Waals surface area contributed by atoms with Gasteiger partial charge in [0.25, 0.3) is 0 Å². The molecule has 0 radical (unpaired) electrons. The van der Waals surface area contributed by atoms with Crippen molar-refractivity contribution < 1.29 is 9.47 Å². The van der Waals surface area contributed by atoms with Crippen molar-refractivity contribution in [1.29, 1.82) is 0 Å². The Morgan fingerprint density at radius 2 is 1.89 bits per heavy atom. The average Bonchev–Trinajstić information content (AvgIpc) is 2.86. The predicted octanol–water partition coefficient (Wildman–Crippen LogP) is 3.58. The van der Waals surface area contributed by atoms with Gasteiger partial charge in [-0.2, -0.15) is 0 Å². The molecule has 0 aliphatic rings. The molecule has 1 atom stereocenters. The Morgan fingerprint density at radius 1 is 1.17 bits per heavy atom. The number of methoxy groups -OCH3 is 2. The SMILES string of the molecule is COc1ccc(Br)cc1C(N)c1sccc1OC. The molecule has 0 amide bonds. The van der Waals surface area contributed by atoms with E-state index in [0.717, 1.165) is 26.4 Å². The summed E-state index contributed by atoms with van der Waals surface area (Å²) in [4.78, 5) is 0.994. The largest absolute Gasteiger partial charge is 0.496 e. The van der Waals surface area contributed by atoms with E-state index in [9.17, 15) is 0 Å². The van der Waals surface area contributed by atoms with E-state index in [-0.39, 0.29) is 6.04 Å². The maximum absolute atomic E-state index is 6.31. The Morgan fingerprint density at radius 3 is 2.56 bits per heavy atom. The van der Waals surface area contributed by atoms with E-state index >= 15 is 0 Å². The lowest BCUT2D eigenvalue weighted by Crippen LogP contribution is -2.12. The highest BCUT2D eigenvalue weighted by Crippen LogP contribution is 2.37. The summed E-state index contributed by atoms with van der Waals surface area (Å²) in [5.74, 6) is 1.59. The number of rotatable bonds is 4. The van der Waals surface area contributed by atoms with Crippen molar-refractivity contribution in [2.75, 3.05) is 14.2 Å². The minimum Gasteiger partial charge on any atom is -0.496 e. The molecule has 96 valence electrons. The molecule has 2 aromatic rings. The molecular weight excluding hydrogens is 314 g/mol. The molecule has 0 bridgehead atoms. The fraction of sp³-hybridized carbons (Fsp3) is 0.231. The summed E-state index contributed by atoms with van der Waals surface area (Å²) in [6.07, 6.45) is 0. The summed E-state index contributed by atoms with van der Waals surface area (Å²) in [6.45, 7) is 0. The van der Waals surface area contributed by atoms with Crippen LogP contribution in [0.4, 0.5) is 0 Å². The van der Waals surface area contributed by atoms with E-state index in [1.807, 2.05) is 29.6 Å². The number of hydrogen-bond donors (Lipinski definition) is 1. The summed E-state index contributed by atoms with van der Waals surface area (Å²) < 4.78 is 11.6. The summed E-state index contributed by atoms with van der Waals surface area (Å²) in [5.41, 5.74) is 7.25. The number of hydrogen-bond acceptors (Lipinski definition) is 4. The predicted molar refractivity (Wildman–Crippen MR) is 77.6 cm³/mol. The fourth-order valence-corrected chi connectivity index (χ4v) is 3.05. The second-order valence-corrected chi connectivity index (χ2v) is 5.58. The number of thiophene rings is 1. The van der Waals surface area contributed by atoms with Crippen molar-refractivity contribution in [3.05, 3.63) is 44.6 Å². The third-order valence-corrected chi connectivity index (χ3v) is 4.16. The Kier molecular flexibility index (Phi) is 4.27. The number of nitrogens with two attached hydrogens (primary N) is 1. The lowest BCUT2D eigenvalue weighted by molar-refractivity contribution is 0.402. The highest BCUT2D eigenvalue weighted by Gasteiger charge is 2.19. The van der Waals surface area contributed by atoms with Crippen LogP contribution in [0.5, 0.6) is 11.5 Å². The van der Waals surface area contributed by atoms with Gasteiger partial charge in [0.2, 0.25) is 0 Å². The van der Waals surface area contributed by atoms with Gasteiger partial charge < -0.3 is 15.2 Å². The van der Waals surface area contributed by atoms with Crippen molar-refractivity contribution in [2.24, 2.45) is 5.73 Å². The number of benzene rings is 1. The lowest BCUT2D eigenvalue weighted by Gasteiger charge is -2.16. The third-order valence-electron chi connectivity index (χ3n) is 2.69. The monoisotopic (exact) mass is 327 g/mol. The van der Waals surface area contributed by atoms with Crippen LogP contribution >= 0.6 is 27.3 Å². The van der Waals surface area contributed by atoms with Crippen molar-refractivity contribution in [1.82, 2.24) is 0 Å². The van der Waals surface area contributed by atoms with Gasteiger partial charge in [-0.25, -0.2) is 0 Å². The second-order valence-electron chi connectivity index (χ2n) is 3.72. The molecule has 3 nitrogen and oxygen atoms in total. The van der Waals surface area contributed by atoms with Gasteiger partial charge in [0.1, 0.15) is 11.5 Å². The zero-order chi connectivity index (χ0) is 13.1. The smallest absolute Gasteiger partial charge is 0.134 e. The van der Waals surface area contributed by atoms with Crippen LogP contribution in [0.25, 0.3) is 0 Å². The van der Waals surface area contributed by atoms with Crippen molar-refractivity contribution in [3.8, 4) is 11.5 Å². The van der Waals surface area contributed by atoms with Gasteiger partial charge in [0, 0.05) is 10.0 Å². The van der Waals surface area contributed by atoms with Crippen LogP contribution in [0, 0.1) is 0 Å². The fourth-order valence-electron chi connectivity index (χ4n) is 1.79. The van der Waals surface area contributed by atoms with Crippen molar-refractivity contribution in [3.63, 3.8) is 0 Å². The summed E-state index contributed by atoms with van der Waals surface area (Å²) >= 11 is 5.03. The standard InChI is InChI=1S/C13H14BrNO2S/c1-16-10-4-3-8(14)7-9(10)12(15)13-11(17-2)5-6-18-13/h3-7,12H,15H2,1-2H3. The molecule has 2 rings (SSSR count). The highest BCUT2D eigenvalue weighted by atomic mass is 79.9. The molecule has 0 spiro atoms. The van der Waals surface area contributed by atoms with Gasteiger partial charge in [-0.3, -0.25) is 0 Å². The van der Waals surface area contributed by atoms with Gasteiger partial charge in [-0.1, -0.05) is 15.9 Å². The minimum absolute atomic E-state index is 0.257. The first-order valence-corrected chi connectivity index (χ1v) is 7.05. The Bertz CT molecular complexity index is 542. The van der Waals surface area contributed by atoms with E-state index < -0.39 is 0 Å². The molecule has 0 aliphatic heterocycles. The van der Waals surface area contributed by atoms with E-state index in [1.165, 1.54) is 0 Å². The van der Waals surface area contributed by atoms with Gasteiger partial charge >= 0.3 is 0 Å². The first kappa shape index (κ1) is 13.4. The van der Waals surface area contributed by atoms with E-state index in [1.54, 1.807) is 25.6 Å². The van der Waals surface area contributed by atoms with Crippen molar-refractivity contribution >= 4 is 27.3 Å². The molecule has 1 aromatic heterocycles. The average molecular weight is 328 g/mol. The molecule has 2 N–H and O–H groups in total. The Hall–Kier alpha value is -1.04. The van der Waals surface area contributed by atoms with Crippen LogP contribution in [0.15, 0.2) is 34.1 Å². The second kappa shape index (κ2) is 5.73. The van der Waals surface area contributed by atoms with Crippen LogP contribution in [-0.4, -0.2) is 14.2 Å². The zero-order valence-electron chi connectivity index (χ0n) is 10.1. The normalized spacial score (nSPS) is 12.2. The summed E-state index contributed by atoms with van der Waals surface area (Å²) in [7, 11) is 3.29. The Balaban J connectivity index is 2.45. The molecule has 0 fully saturated rings. The topological polar surface area (TPSA) is 44.5 Å². The van der Waals surface area contributed by atoms with E-state index in [4.69, 9.17) is 15.2 Å². The van der Waals surface area contributed by atoms with Crippen molar-refractivity contribution in [2.45, 2.75) is 6.04 Å². The number of ether oxygens (including phenoxy) is 2. The van der Waals surface area contributed by atoms with Crippen LogP contribution in [0.1, 0.15) is 16.5 Å². The molecule has 5 heteroatoms. The van der Waals surface area contributed by atoms with Gasteiger partial charge in [-0.15, -0.1) is 11.3 Å². The van der Waals surface area contributed by atoms with Crippen LogP contribution in [-0.2, 0) is 0 Å². The van der Waals surface area contributed by atoms with Crippen LogP contribution in [0.3, 0.4) is 0 Å².